The standard InChI is InChI=1S/C26H27N3O5S/c1-2-16(13-23(30)27-12-11-24-29-22(15-35-24)25(31)32)28-26(33)34-14-21-19-9-5-3-7-17(19)18-8-4-6-10-20(18)21/h3-10,15-16,21H,2,11-14H2,1H3,(H,27,30)(H,28,33)(H,31,32)/t16-/m0/s1. The van der Waals surface area contributed by atoms with Gasteiger partial charge in [0, 0.05) is 36.7 Å². The number of benzene rings is 2. The van der Waals surface area contributed by atoms with Crippen LogP contribution in [0.25, 0.3) is 11.1 Å². The van der Waals surface area contributed by atoms with Gasteiger partial charge in [-0.1, -0.05) is 55.5 Å². The van der Waals surface area contributed by atoms with Crippen LogP contribution in [0.5, 0.6) is 0 Å². The van der Waals surface area contributed by atoms with E-state index in [4.69, 9.17) is 9.84 Å². The minimum Gasteiger partial charge on any atom is -0.476 e. The van der Waals surface area contributed by atoms with Crippen molar-refractivity contribution >= 4 is 29.3 Å². The van der Waals surface area contributed by atoms with Crippen molar-refractivity contribution in [1.82, 2.24) is 15.6 Å². The fourth-order valence-corrected chi connectivity index (χ4v) is 5.01. The molecule has 1 aromatic heterocycles. The van der Waals surface area contributed by atoms with Crippen molar-refractivity contribution in [2.75, 3.05) is 13.2 Å². The molecular formula is C26H27N3O5S. The number of carboxylic acid groups (broad SMARTS) is 1. The molecule has 2 aromatic carbocycles. The number of carboxylic acids is 1. The van der Waals surface area contributed by atoms with Crippen LogP contribution in [0.3, 0.4) is 0 Å². The number of hydrogen-bond donors (Lipinski definition) is 3. The number of thiazole rings is 1. The van der Waals surface area contributed by atoms with Crippen LogP contribution in [0.15, 0.2) is 53.9 Å². The lowest BCUT2D eigenvalue weighted by Gasteiger charge is -2.18. The average Bonchev–Trinajstić information content (AvgIpc) is 3.45. The summed E-state index contributed by atoms with van der Waals surface area (Å²) in [5.41, 5.74) is 4.62. The fourth-order valence-electron chi connectivity index (χ4n) is 4.23. The maximum absolute atomic E-state index is 12.5. The number of nitrogens with zero attached hydrogens (tertiary/aromatic N) is 1. The molecule has 0 radical (unpaired) electrons. The molecule has 4 rings (SSSR count). The summed E-state index contributed by atoms with van der Waals surface area (Å²) in [5.74, 6) is -1.29. The molecule has 3 N–H and O–H groups in total. The topological polar surface area (TPSA) is 118 Å². The van der Waals surface area contributed by atoms with Gasteiger partial charge in [-0.3, -0.25) is 4.79 Å². The summed E-state index contributed by atoms with van der Waals surface area (Å²) in [4.78, 5) is 39.7. The smallest absolute Gasteiger partial charge is 0.407 e. The van der Waals surface area contributed by atoms with Crippen molar-refractivity contribution in [2.45, 2.75) is 38.1 Å². The Balaban J connectivity index is 1.24. The van der Waals surface area contributed by atoms with E-state index in [1.165, 1.54) is 16.7 Å². The van der Waals surface area contributed by atoms with Gasteiger partial charge in [0.2, 0.25) is 5.91 Å². The second-order valence-corrected chi connectivity index (χ2v) is 9.25. The van der Waals surface area contributed by atoms with Gasteiger partial charge in [0.05, 0.1) is 5.01 Å². The van der Waals surface area contributed by atoms with Crippen LogP contribution >= 0.6 is 11.3 Å². The van der Waals surface area contributed by atoms with Crippen LogP contribution in [0.4, 0.5) is 4.79 Å². The summed E-state index contributed by atoms with van der Waals surface area (Å²) < 4.78 is 5.58. The average molecular weight is 494 g/mol. The largest absolute Gasteiger partial charge is 0.476 e. The predicted molar refractivity (Wildman–Crippen MR) is 133 cm³/mol. The zero-order valence-corrected chi connectivity index (χ0v) is 20.1. The lowest BCUT2D eigenvalue weighted by atomic mass is 9.98. The first-order valence-electron chi connectivity index (χ1n) is 11.5. The highest BCUT2D eigenvalue weighted by Gasteiger charge is 2.29. The second kappa shape index (κ2) is 11.1. The lowest BCUT2D eigenvalue weighted by molar-refractivity contribution is -0.121. The van der Waals surface area contributed by atoms with Crippen LogP contribution in [0, 0.1) is 0 Å². The molecule has 0 bridgehead atoms. The van der Waals surface area contributed by atoms with Crippen molar-refractivity contribution in [3.63, 3.8) is 0 Å². The summed E-state index contributed by atoms with van der Waals surface area (Å²) in [6.07, 6.45) is 0.598. The van der Waals surface area contributed by atoms with E-state index in [-0.39, 0.29) is 36.6 Å². The lowest BCUT2D eigenvalue weighted by Crippen LogP contribution is -2.39. The summed E-state index contributed by atoms with van der Waals surface area (Å²) in [6, 6.07) is 15.9. The number of carbonyl (C=O) groups excluding carboxylic acids is 2. The maximum Gasteiger partial charge on any atom is 0.407 e. The van der Waals surface area contributed by atoms with Gasteiger partial charge in [-0.25, -0.2) is 14.6 Å². The monoisotopic (exact) mass is 493 g/mol. The molecule has 1 atom stereocenters. The van der Waals surface area contributed by atoms with Crippen molar-refractivity contribution in [1.29, 1.82) is 0 Å². The van der Waals surface area contributed by atoms with Gasteiger partial charge >= 0.3 is 12.1 Å². The summed E-state index contributed by atoms with van der Waals surface area (Å²) in [7, 11) is 0. The highest BCUT2D eigenvalue weighted by molar-refractivity contribution is 7.09. The molecule has 1 heterocycles. The van der Waals surface area contributed by atoms with Gasteiger partial charge in [0.15, 0.2) is 5.69 Å². The molecule has 2 amide bonds. The zero-order valence-electron chi connectivity index (χ0n) is 19.3. The van der Waals surface area contributed by atoms with E-state index in [1.54, 1.807) is 0 Å². The van der Waals surface area contributed by atoms with Crippen molar-refractivity contribution < 1.29 is 24.2 Å². The fraction of sp³-hybridized carbons (Fsp3) is 0.308. The highest BCUT2D eigenvalue weighted by Crippen LogP contribution is 2.44. The Labute approximate surface area is 207 Å². The minimum absolute atomic E-state index is 0.00895. The quantitative estimate of drug-likeness (QED) is 0.390. The number of aromatic nitrogens is 1. The number of fused-ring (bicyclic) bond motifs is 3. The van der Waals surface area contributed by atoms with Crippen molar-refractivity contribution in [2.24, 2.45) is 0 Å². The molecule has 8 nitrogen and oxygen atoms in total. The minimum atomic E-state index is -1.07. The third-order valence-electron chi connectivity index (χ3n) is 6.02. The highest BCUT2D eigenvalue weighted by atomic mass is 32.1. The van der Waals surface area contributed by atoms with Crippen LogP contribution in [0.1, 0.15) is 52.3 Å². The Bertz CT molecular complexity index is 1180. The molecule has 182 valence electrons. The number of nitrogens with one attached hydrogen (secondary N) is 2. The van der Waals surface area contributed by atoms with Crippen LogP contribution < -0.4 is 10.6 Å². The molecule has 1 aliphatic carbocycles. The Morgan fingerprint density at radius 1 is 1.09 bits per heavy atom. The van der Waals surface area contributed by atoms with Gasteiger partial charge in [-0.2, -0.15) is 0 Å². The molecule has 0 spiro atoms. The zero-order chi connectivity index (χ0) is 24.8. The first kappa shape index (κ1) is 24.4. The maximum atomic E-state index is 12.5. The van der Waals surface area contributed by atoms with Crippen LogP contribution in [0.2, 0.25) is 0 Å². The molecule has 1 aliphatic rings. The number of ether oxygens (including phenoxy) is 1. The number of rotatable bonds is 10. The number of aromatic carboxylic acids is 1. The van der Waals surface area contributed by atoms with E-state index < -0.39 is 12.1 Å². The molecule has 0 fully saturated rings. The third kappa shape index (κ3) is 5.86. The first-order valence-corrected chi connectivity index (χ1v) is 12.4. The molecule has 0 unspecified atom stereocenters. The summed E-state index contributed by atoms with van der Waals surface area (Å²) in [5, 5.41) is 16.6. The van der Waals surface area contributed by atoms with Crippen molar-refractivity contribution in [3.8, 4) is 11.1 Å². The summed E-state index contributed by atoms with van der Waals surface area (Å²) >= 11 is 1.25. The van der Waals surface area contributed by atoms with Crippen molar-refractivity contribution in [3.05, 3.63) is 75.7 Å². The molecule has 0 saturated carbocycles. The molecule has 0 aliphatic heterocycles. The second-order valence-electron chi connectivity index (χ2n) is 8.31. The van der Waals surface area contributed by atoms with E-state index in [9.17, 15) is 14.4 Å². The van der Waals surface area contributed by atoms with Crippen LogP contribution in [-0.2, 0) is 16.0 Å². The van der Waals surface area contributed by atoms with E-state index in [2.05, 4.69) is 39.9 Å². The molecule has 9 heteroatoms. The van der Waals surface area contributed by atoms with Gasteiger partial charge in [0.1, 0.15) is 6.61 Å². The number of carbonyl (C=O) groups is 3. The van der Waals surface area contributed by atoms with Gasteiger partial charge < -0.3 is 20.5 Å². The number of alkyl carbamates (subject to hydrolysis) is 1. The SMILES string of the molecule is CC[C@@H](CC(=O)NCCc1nc(C(=O)O)cs1)NC(=O)OCC1c2ccccc2-c2ccccc21. The van der Waals surface area contributed by atoms with E-state index in [0.717, 1.165) is 22.3 Å². The Morgan fingerprint density at radius 3 is 2.34 bits per heavy atom. The third-order valence-corrected chi connectivity index (χ3v) is 6.93. The van der Waals surface area contributed by atoms with Crippen LogP contribution in [-0.4, -0.2) is 47.3 Å². The van der Waals surface area contributed by atoms with Gasteiger partial charge in [-0.15, -0.1) is 11.3 Å². The van der Waals surface area contributed by atoms with Gasteiger partial charge in [-0.05, 0) is 28.7 Å². The molecule has 35 heavy (non-hydrogen) atoms. The summed E-state index contributed by atoms with van der Waals surface area (Å²) in [6.45, 7) is 2.45. The molecule has 3 aromatic rings. The van der Waals surface area contributed by atoms with Gasteiger partial charge in [0.25, 0.3) is 0 Å². The molecular weight excluding hydrogens is 466 g/mol. The van der Waals surface area contributed by atoms with E-state index >= 15 is 0 Å². The first-order chi connectivity index (χ1) is 17.0. The Morgan fingerprint density at radius 2 is 1.74 bits per heavy atom. The number of amides is 2. The predicted octanol–water partition coefficient (Wildman–Crippen LogP) is 4.21. The molecule has 0 saturated heterocycles. The van der Waals surface area contributed by atoms with E-state index in [1.807, 2.05) is 31.2 Å². The number of hydrogen-bond acceptors (Lipinski definition) is 6. The Kier molecular flexibility index (Phi) is 7.77. The Hall–Kier alpha value is -3.72. The van der Waals surface area contributed by atoms with E-state index in [0.29, 0.717) is 24.4 Å². The normalized spacial score (nSPS) is 12.9.